The molecule has 0 fully saturated rings. The Balaban J connectivity index is 1.98. The van der Waals surface area contributed by atoms with Crippen molar-refractivity contribution in [1.82, 2.24) is 9.97 Å². The fraction of sp³-hybridized carbons (Fsp3) is 0.357. The highest BCUT2D eigenvalue weighted by molar-refractivity contribution is 7.84. The molecule has 0 radical (unpaired) electrons. The second-order valence-corrected chi connectivity index (χ2v) is 5.68. The van der Waals surface area contributed by atoms with Crippen LogP contribution in [0.5, 0.6) is 0 Å². The fourth-order valence-corrected chi connectivity index (χ4v) is 2.89. The van der Waals surface area contributed by atoms with E-state index < -0.39 is 10.8 Å². The summed E-state index contributed by atoms with van der Waals surface area (Å²) in [5.41, 5.74) is 2.04. The zero-order chi connectivity index (χ0) is 14.2. The first kappa shape index (κ1) is 14.7. The number of imidazole rings is 1. The Morgan fingerprint density at radius 2 is 2.25 bits per heavy atom. The number of para-hydroxylation sites is 1. The summed E-state index contributed by atoms with van der Waals surface area (Å²) in [6.07, 6.45) is 4.23. The van der Waals surface area contributed by atoms with E-state index in [4.69, 9.17) is 4.74 Å². The maximum absolute atomic E-state index is 12.2. The predicted octanol–water partition coefficient (Wildman–Crippen LogP) is 2.17. The van der Waals surface area contributed by atoms with Crippen molar-refractivity contribution in [2.45, 2.75) is 17.3 Å². The molecular formula is C14H19N3O2S. The maximum Gasteiger partial charge on any atom is 0.196 e. The number of benzene rings is 1. The van der Waals surface area contributed by atoms with Gasteiger partial charge in [-0.25, -0.2) is 4.98 Å². The number of nitrogens with zero attached hydrogens (tertiary/aromatic N) is 1. The summed E-state index contributed by atoms with van der Waals surface area (Å²) in [6.45, 7) is 1.56. The summed E-state index contributed by atoms with van der Waals surface area (Å²) < 4.78 is 17.2. The average Bonchev–Trinajstić information content (AvgIpc) is 2.99. The van der Waals surface area contributed by atoms with Gasteiger partial charge in [-0.2, -0.15) is 0 Å². The predicted molar refractivity (Wildman–Crippen MR) is 80.1 cm³/mol. The molecule has 1 heterocycles. The van der Waals surface area contributed by atoms with Gasteiger partial charge in [-0.3, -0.25) is 4.21 Å². The van der Waals surface area contributed by atoms with Crippen LogP contribution in [0.2, 0.25) is 0 Å². The van der Waals surface area contributed by atoms with Crippen LogP contribution in [-0.4, -0.2) is 34.4 Å². The van der Waals surface area contributed by atoms with Gasteiger partial charge in [0.05, 0.1) is 16.6 Å². The Bertz CT molecular complexity index is 543. The van der Waals surface area contributed by atoms with Crippen molar-refractivity contribution in [2.24, 2.45) is 0 Å². The molecule has 108 valence electrons. The van der Waals surface area contributed by atoms with Gasteiger partial charge in [-0.05, 0) is 18.1 Å². The number of nitrogens with one attached hydrogen (secondary N) is 2. The van der Waals surface area contributed by atoms with Gasteiger partial charge in [0.2, 0.25) is 0 Å². The molecule has 0 amide bonds. The number of anilines is 1. The molecule has 6 heteroatoms. The molecule has 1 unspecified atom stereocenters. The van der Waals surface area contributed by atoms with Gasteiger partial charge >= 0.3 is 0 Å². The Labute approximate surface area is 121 Å². The minimum atomic E-state index is -1.15. The second-order valence-electron chi connectivity index (χ2n) is 4.31. The first-order chi connectivity index (χ1) is 9.81. The van der Waals surface area contributed by atoms with E-state index in [1.54, 1.807) is 19.5 Å². The largest absolute Gasteiger partial charge is 0.385 e. The van der Waals surface area contributed by atoms with E-state index in [0.717, 1.165) is 30.8 Å². The molecule has 0 saturated heterocycles. The Morgan fingerprint density at radius 1 is 1.40 bits per heavy atom. The second kappa shape index (κ2) is 7.81. The van der Waals surface area contributed by atoms with E-state index in [0.29, 0.717) is 10.9 Å². The molecule has 1 aromatic carbocycles. The third-order valence-electron chi connectivity index (χ3n) is 2.83. The highest BCUT2D eigenvalue weighted by Crippen LogP contribution is 2.18. The summed E-state index contributed by atoms with van der Waals surface area (Å²) >= 11 is 0. The third kappa shape index (κ3) is 4.18. The van der Waals surface area contributed by atoms with Gasteiger partial charge in [0, 0.05) is 38.3 Å². The number of hydrogen-bond donors (Lipinski definition) is 2. The van der Waals surface area contributed by atoms with Crippen molar-refractivity contribution in [1.29, 1.82) is 0 Å². The van der Waals surface area contributed by atoms with E-state index in [2.05, 4.69) is 15.3 Å². The molecule has 0 aliphatic carbocycles. The van der Waals surface area contributed by atoms with Crippen molar-refractivity contribution < 1.29 is 8.95 Å². The SMILES string of the molecule is COCCCNc1ccccc1CS(=O)c1ncc[nH]1. The molecule has 0 spiro atoms. The molecule has 0 saturated carbocycles. The van der Waals surface area contributed by atoms with Crippen LogP contribution in [0.15, 0.2) is 41.8 Å². The molecule has 0 aliphatic heterocycles. The van der Waals surface area contributed by atoms with E-state index in [9.17, 15) is 4.21 Å². The highest BCUT2D eigenvalue weighted by Gasteiger charge is 2.10. The topological polar surface area (TPSA) is 67.0 Å². The van der Waals surface area contributed by atoms with Crippen LogP contribution in [0.4, 0.5) is 5.69 Å². The summed E-state index contributed by atoms with van der Waals surface area (Å²) in [5.74, 6) is 0.445. The van der Waals surface area contributed by atoms with Gasteiger partial charge < -0.3 is 15.0 Å². The van der Waals surface area contributed by atoms with Crippen LogP contribution in [-0.2, 0) is 21.3 Å². The van der Waals surface area contributed by atoms with Gasteiger partial charge in [0.25, 0.3) is 0 Å². The lowest BCUT2D eigenvalue weighted by atomic mass is 10.2. The summed E-state index contributed by atoms with van der Waals surface area (Å²) in [5, 5.41) is 3.87. The van der Waals surface area contributed by atoms with Gasteiger partial charge in [0.15, 0.2) is 5.16 Å². The molecule has 1 aromatic heterocycles. The molecule has 20 heavy (non-hydrogen) atoms. The van der Waals surface area contributed by atoms with E-state index in [-0.39, 0.29) is 0 Å². The fourth-order valence-electron chi connectivity index (χ4n) is 1.84. The Morgan fingerprint density at radius 3 is 3.00 bits per heavy atom. The summed E-state index contributed by atoms with van der Waals surface area (Å²) in [4.78, 5) is 6.92. The smallest absolute Gasteiger partial charge is 0.196 e. The lowest BCUT2D eigenvalue weighted by molar-refractivity contribution is 0.198. The van der Waals surface area contributed by atoms with Crippen LogP contribution in [0, 0.1) is 0 Å². The van der Waals surface area contributed by atoms with Gasteiger partial charge in [-0.15, -0.1) is 0 Å². The molecule has 2 N–H and O–H groups in total. The lowest BCUT2D eigenvalue weighted by Crippen LogP contribution is -2.08. The summed E-state index contributed by atoms with van der Waals surface area (Å²) in [7, 11) is 0.541. The van der Waals surface area contributed by atoms with Crippen molar-refractivity contribution in [3.63, 3.8) is 0 Å². The normalized spacial score (nSPS) is 12.2. The van der Waals surface area contributed by atoms with E-state index >= 15 is 0 Å². The van der Waals surface area contributed by atoms with Crippen LogP contribution >= 0.6 is 0 Å². The Hall–Kier alpha value is -1.66. The molecule has 2 rings (SSSR count). The molecule has 5 nitrogen and oxygen atoms in total. The standard InChI is InChI=1S/C14H19N3O2S/c1-19-10-4-7-15-13-6-3-2-5-12(13)11-20(18)14-16-8-9-17-14/h2-3,5-6,8-9,15H,4,7,10-11H2,1H3,(H,16,17). The van der Waals surface area contributed by atoms with Crippen molar-refractivity contribution >= 4 is 16.5 Å². The van der Waals surface area contributed by atoms with Crippen molar-refractivity contribution in [3.05, 3.63) is 42.2 Å². The van der Waals surface area contributed by atoms with Crippen molar-refractivity contribution in [2.75, 3.05) is 25.6 Å². The highest BCUT2D eigenvalue weighted by atomic mass is 32.2. The number of H-pyrrole nitrogens is 1. The maximum atomic E-state index is 12.2. The first-order valence-electron chi connectivity index (χ1n) is 6.49. The first-order valence-corrected chi connectivity index (χ1v) is 7.81. The number of rotatable bonds is 8. The van der Waals surface area contributed by atoms with Crippen LogP contribution in [0.1, 0.15) is 12.0 Å². The number of ether oxygens (including phenoxy) is 1. The minimum absolute atomic E-state index is 0.445. The Kier molecular flexibility index (Phi) is 5.76. The lowest BCUT2D eigenvalue weighted by Gasteiger charge is -2.11. The number of hydrogen-bond acceptors (Lipinski definition) is 4. The number of aromatic nitrogens is 2. The van der Waals surface area contributed by atoms with Crippen LogP contribution < -0.4 is 5.32 Å². The zero-order valence-corrected chi connectivity index (χ0v) is 12.3. The van der Waals surface area contributed by atoms with Gasteiger partial charge in [-0.1, -0.05) is 18.2 Å². The molecular weight excluding hydrogens is 274 g/mol. The number of methoxy groups -OCH3 is 1. The van der Waals surface area contributed by atoms with E-state index in [1.165, 1.54) is 0 Å². The molecule has 0 aliphatic rings. The van der Waals surface area contributed by atoms with Crippen molar-refractivity contribution in [3.8, 4) is 0 Å². The monoisotopic (exact) mass is 293 g/mol. The van der Waals surface area contributed by atoms with Crippen LogP contribution in [0.3, 0.4) is 0 Å². The third-order valence-corrected chi connectivity index (χ3v) is 4.06. The molecule has 1 atom stereocenters. The van der Waals surface area contributed by atoms with E-state index in [1.807, 2.05) is 24.3 Å². The number of aromatic amines is 1. The quantitative estimate of drug-likeness (QED) is 0.732. The zero-order valence-electron chi connectivity index (χ0n) is 11.5. The minimum Gasteiger partial charge on any atom is -0.385 e. The molecule has 2 aromatic rings. The van der Waals surface area contributed by atoms with Crippen LogP contribution in [0.25, 0.3) is 0 Å². The average molecular weight is 293 g/mol. The van der Waals surface area contributed by atoms with Gasteiger partial charge in [0.1, 0.15) is 0 Å². The summed E-state index contributed by atoms with van der Waals surface area (Å²) in [6, 6.07) is 7.91. The molecule has 0 bridgehead atoms.